The molecule has 2 aromatic rings. The Morgan fingerprint density at radius 2 is 1.69 bits per heavy atom. The number of ether oxygens (including phenoxy) is 2. The Morgan fingerprint density at radius 1 is 1.07 bits per heavy atom. The molecule has 1 aliphatic heterocycles. The normalized spacial score (nSPS) is 16.5. The molecule has 0 radical (unpaired) electrons. The highest BCUT2D eigenvalue weighted by Gasteiger charge is 2.31. The number of hydrogen-bond donors (Lipinski definition) is 1. The van der Waals surface area contributed by atoms with Crippen LogP contribution in [0.5, 0.6) is 11.5 Å². The molecule has 10 heteroatoms. The fraction of sp³-hybridized carbons (Fsp3) is 0.526. The third-order valence-corrected chi connectivity index (χ3v) is 5.55. The Bertz CT molecular complexity index is 869. The summed E-state index contributed by atoms with van der Waals surface area (Å²) in [4.78, 5) is 25.6. The van der Waals surface area contributed by atoms with Gasteiger partial charge in [-0.15, -0.1) is 12.4 Å². The van der Waals surface area contributed by atoms with Crippen molar-refractivity contribution < 1.29 is 19.7 Å². The average molecular weight is 426 g/mol. The molecule has 1 aromatic heterocycles. The standard InChI is InChI=1S/C19H25N5O3.ClH.H2O/c1-26-15-10-13-14(11-16(15)27-2)21-19(22-17(13)20)24-8-6-23(7-9-24)18(25)12-4-3-5-12;;/h10-12H,3-9H2,1-2H3,(H2,20,21,22);1H;1H2. The van der Waals surface area contributed by atoms with Crippen LogP contribution in [0.2, 0.25) is 0 Å². The van der Waals surface area contributed by atoms with Gasteiger partial charge >= 0.3 is 0 Å². The quantitative estimate of drug-likeness (QED) is 0.781. The van der Waals surface area contributed by atoms with Gasteiger partial charge in [0.05, 0.1) is 19.7 Å². The summed E-state index contributed by atoms with van der Waals surface area (Å²) in [5.74, 6) is 2.73. The van der Waals surface area contributed by atoms with Crippen molar-refractivity contribution in [3.8, 4) is 11.5 Å². The summed E-state index contributed by atoms with van der Waals surface area (Å²) in [6.45, 7) is 2.80. The second-order valence-corrected chi connectivity index (χ2v) is 7.07. The van der Waals surface area contributed by atoms with Gasteiger partial charge in [0, 0.05) is 43.5 Å². The summed E-state index contributed by atoms with van der Waals surface area (Å²) in [5.41, 5.74) is 6.89. The molecule has 4 rings (SSSR count). The van der Waals surface area contributed by atoms with Gasteiger partial charge in [-0.1, -0.05) is 6.42 Å². The number of rotatable bonds is 4. The Balaban J connectivity index is 0.00000150. The maximum Gasteiger partial charge on any atom is 0.228 e. The number of piperazine rings is 1. The van der Waals surface area contributed by atoms with Gasteiger partial charge in [0.15, 0.2) is 11.5 Å². The van der Waals surface area contributed by atoms with E-state index in [1.54, 1.807) is 20.3 Å². The van der Waals surface area contributed by atoms with E-state index in [1.165, 1.54) is 6.42 Å². The lowest BCUT2D eigenvalue weighted by Crippen LogP contribution is -2.51. The molecule has 1 aliphatic carbocycles. The Morgan fingerprint density at radius 3 is 2.24 bits per heavy atom. The topological polar surface area (TPSA) is 125 Å². The second kappa shape index (κ2) is 9.32. The Kier molecular flexibility index (Phi) is 7.32. The summed E-state index contributed by atoms with van der Waals surface area (Å²) in [5, 5.41) is 0.732. The number of halogens is 1. The number of hydrogen-bond acceptors (Lipinski definition) is 7. The number of nitrogen functional groups attached to an aromatic ring is 1. The molecule has 0 atom stereocenters. The molecule has 0 unspecified atom stereocenters. The van der Waals surface area contributed by atoms with Crippen LogP contribution < -0.4 is 20.1 Å². The molecule has 29 heavy (non-hydrogen) atoms. The van der Waals surface area contributed by atoms with Crippen molar-refractivity contribution in [2.24, 2.45) is 5.92 Å². The number of nitrogens with two attached hydrogens (primary N) is 1. The lowest BCUT2D eigenvalue weighted by molar-refractivity contribution is -0.138. The number of methoxy groups -OCH3 is 2. The highest BCUT2D eigenvalue weighted by Crippen LogP contribution is 2.34. The first-order chi connectivity index (χ1) is 13.1. The summed E-state index contributed by atoms with van der Waals surface area (Å²) in [7, 11) is 3.17. The van der Waals surface area contributed by atoms with E-state index in [0.29, 0.717) is 60.9 Å². The van der Waals surface area contributed by atoms with Crippen LogP contribution in [0.3, 0.4) is 0 Å². The molecule has 0 bridgehead atoms. The van der Waals surface area contributed by atoms with Crippen LogP contribution in [0.15, 0.2) is 12.1 Å². The van der Waals surface area contributed by atoms with Gasteiger partial charge in [-0.3, -0.25) is 4.79 Å². The van der Waals surface area contributed by atoms with E-state index in [0.717, 1.165) is 18.2 Å². The van der Waals surface area contributed by atoms with Crippen LogP contribution in [0.4, 0.5) is 11.8 Å². The number of benzene rings is 1. The summed E-state index contributed by atoms with van der Waals surface area (Å²) < 4.78 is 10.7. The van der Waals surface area contributed by atoms with Gasteiger partial charge < -0.3 is 30.5 Å². The molecule has 2 aliphatic rings. The summed E-state index contributed by atoms with van der Waals surface area (Å²) in [6.07, 6.45) is 3.25. The minimum absolute atomic E-state index is 0. The molecule has 1 amide bonds. The molecule has 1 saturated carbocycles. The van der Waals surface area contributed by atoms with Gasteiger partial charge in [0.25, 0.3) is 0 Å². The zero-order valence-corrected chi connectivity index (χ0v) is 17.5. The number of anilines is 2. The van der Waals surface area contributed by atoms with E-state index in [9.17, 15) is 4.79 Å². The lowest BCUT2D eigenvalue weighted by Gasteiger charge is -2.38. The fourth-order valence-electron chi connectivity index (χ4n) is 3.65. The molecule has 4 N–H and O–H groups in total. The smallest absolute Gasteiger partial charge is 0.228 e. The van der Waals surface area contributed by atoms with E-state index < -0.39 is 0 Å². The maximum atomic E-state index is 12.4. The minimum atomic E-state index is 0. The summed E-state index contributed by atoms with van der Waals surface area (Å²) >= 11 is 0. The molecule has 1 aromatic carbocycles. The van der Waals surface area contributed by atoms with Crippen molar-refractivity contribution >= 4 is 41.0 Å². The van der Waals surface area contributed by atoms with E-state index in [2.05, 4.69) is 14.9 Å². The molecule has 1 saturated heterocycles. The van der Waals surface area contributed by atoms with Crippen LogP contribution >= 0.6 is 12.4 Å². The number of carbonyl (C=O) groups excluding carboxylic acids is 1. The first-order valence-corrected chi connectivity index (χ1v) is 9.33. The monoisotopic (exact) mass is 425 g/mol. The van der Waals surface area contributed by atoms with Crippen LogP contribution in [-0.4, -0.2) is 66.6 Å². The van der Waals surface area contributed by atoms with Gasteiger partial charge in [-0.25, -0.2) is 4.98 Å². The first-order valence-electron chi connectivity index (χ1n) is 9.33. The van der Waals surface area contributed by atoms with E-state index in [-0.39, 0.29) is 23.8 Å². The van der Waals surface area contributed by atoms with Crippen LogP contribution in [0, 0.1) is 5.92 Å². The van der Waals surface area contributed by atoms with E-state index >= 15 is 0 Å². The molecular formula is C19H28ClN5O4. The lowest BCUT2D eigenvalue weighted by atomic mass is 9.84. The molecule has 9 nitrogen and oxygen atoms in total. The number of nitrogens with zero attached hydrogens (tertiary/aromatic N) is 4. The van der Waals surface area contributed by atoms with Gasteiger partial charge in [-0.05, 0) is 18.9 Å². The van der Waals surface area contributed by atoms with Gasteiger partial charge in [0.1, 0.15) is 5.82 Å². The fourth-order valence-corrected chi connectivity index (χ4v) is 3.65. The highest BCUT2D eigenvalue weighted by atomic mass is 35.5. The molecular weight excluding hydrogens is 398 g/mol. The predicted molar refractivity (Wildman–Crippen MR) is 114 cm³/mol. The van der Waals surface area contributed by atoms with E-state index in [1.807, 2.05) is 11.0 Å². The third-order valence-electron chi connectivity index (χ3n) is 5.55. The second-order valence-electron chi connectivity index (χ2n) is 7.07. The van der Waals surface area contributed by atoms with Crippen molar-refractivity contribution in [3.05, 3.63) is 12.1 Å². The SMILES string of the molecule is COc1cc2nc(N3CCN(C(=O)C4CCC4)CC3)nc(N)c2cc1OC.Cl.O. The van der Waals surface area contributed by atoms with Gasteiger partial charge in [0.2, 0.25) is 11.9 Å². The third kappa shape index (κ3) is 4.25. The molecule has 2 heterocycles. The van der Waals surface area contributed by atoms with Crippen molar-refractivity contribution in [2.75, 3.05) is 51.0 Å². The zero-order valence-electron chi connectivity index (χ0n) is 16.7. The molecule has 160 valence electrons. The number of amides is 1. The molecule has 2 fully saturated rings. The summed E-state index contributed by atoms with van der Waals surface area (Å²) in [6, 6.07) is 3.61. The number of fused-ring (bicyclic) bond motifs is 1. The average Bonchev–Trinajstić information content (AvgIpc) is 2.65. The minimum Gasteiger partial charge on any atom is -0.493 e. The van der Waals surface area contributed by atoms with Crippen molar-refractivity contribution in [3.63, 3.8) is 0 Å². The molecule has 0 spiro atoms. The number of aromatic nitrogens is 2. The van der Waals surface area contributed by atoms with Gasteiger partial charge in [-0.2, -0.15) is 4.98 Å². The van der Waals surface area contributed by atoms with E-state index in [4.69, 9.17) is 15.2 Å². The van der Waals surface area contributed by atoms with Crippen LogP contribution in [0.1, 0.15) is 19.3 Å². The largest absolute Gasteiger partial charge is 0.493 e. The van der Waals surface area contributed by atoms with Crippen LogP contribution in [0.25, 0.3) is 10.9 Å². The predicted octanol–water partition coefficient (Wildman–Crippen LogP) is 1.27. The van der Waals surface area contributed by atoms with Crippen molar-refractivity contribution in [2.45, 2.75) is 19.3 Å². The highest BCUT2D eigenvalue weighted by molar-refractivity contribution is 5.91. The maximum absolute atomic E-state index is 12.4. The van der Waals surface area contributed by atoms with Crippen LogP contribution in [-0.2, 0) is 4.79 Å². The zero-order chi connectivity index (χ0) is 19.0. The van der Waals surface area contributed by atoms with Crippen molar-refractivity contribution in [1.82, 2.24) is 14.9 Å². The van der Waals surface area contributed by atoms with Crippen molar-refractivity contribution in [1.29, 1.82) is 0 Å². The Hall–Kier alpha value is -2.52. The first kappa shape index (κ1) is 22.8. The number of carbonyl (C=O) groups is 1. The Labute approximate surface area is 175 Å².